The maximum atomic E-state index is 12.4. The summed E-state index contributed by atoms with van der Waals surface area (Å²) in [6.45, 7) is 2.60. The van der Waals surface area contributed by atoms with Gasteiger partial charge in [0.25, 0.3) is 11.8 Å². The Labute approximate surface area is 161 Å². The fourth-order valence-corrected chi connectivity index (χ4v) is 2.71. The number of rotatable bonds is 7. The van der Waals surface area contributed by atoms with Crippen molar-refractivity contribution in [3.05, 3.63) is 58.1 Å². The molecule has 2 aromatic carbocycles. The highest BCUT2D eigenvalue weighted by atomic mass is 79.9. The maximum absolute atomic E-state index is 12.4. The Bertz CT molecular complexity index is 780. The minimum absolute atomic E-state index is 0.361. The number of para-hydroxylation sites is 1. The lowest BCUT2D eigenvalue weighted by Gasteiger charge is -2.12. The highest BCUT2D eigenvalue weighted by Gasteiger charge is 2.14. The largest absolute Gasteiger partial charge is 0.496 e. The molecule has 0 aromatic heterocycles. The van der Waals surface area contributed by atoms with Crippen molar-refractivity contribution < 1.29 is 19.1 Å². The van der Waals surface area contributed by atoms with Gasteiger partial charge in [0.1, 0.15) is 11.5 Å². The molecule has 2 aromatic rings. The molecule has 26 heavy (non-hydrogen) atoms. The zero-order chi connectivity index (χ0) is 18.9. The molecule has 0 saturated carbocycles. The van der Waals surface area contributed by atoms with Crippen LogP contribution in [0.4, 0.5) is 0 Å². The third kappa shape index (κ3) is 5.23. The van der Waals surface area contributed by atoms with E-state index in [1.54, 1.807) is 49.6 Å². The summed E-state index contributed by atoms with van der Waals surface area (Å²) in [4.78, 5) is 24.6. The molecule has 0 spiro atoms. The summed E-state index contributed by atoms with van der Waals surface area (Å²) in [6, 6.07) is 11.8. The van der Waals surface area contributed by atoms with Gasteiger partial charge >= 0.3 is 0 Å². The van der Waals surface area contributed by atoms with Crippen molar-refractivity contribution in [3.63, 3.8) is 0 Å². The SMILES string of the molecule is CCCCOc1ccccc1C(=O)NNC(=O)c1ccc(OC)c(Br)c1. The van der Waals surface area contributed by atoms with Crippen LogP contribution in [0.1, 0.15) is 40.5 Å². The number of hydrogen-bond acceptors (Lipinski definition) is 4. The first-order valence-corrected chi connectivity index (χ1v) is 9.02. The molecule has 6 nitrogen and oxygen atoms in total. The van der Waals surface area contributed by atoms with E-state index < -0.39 is 11.8 Å². The summed E-state index contributed by atoms with van der Waals surface area (Å²) in [6.07, 6.45) is 1.90. The molecule has 0 heterocycles. The first-order chi connectivity index (χ1) is 12.6. The van der Waals surface area contributed by atoms with Gasteiger partial charge in [0, 0.05) is 5.56 Å². The van der Waals surface area contributed by atoms with Crippen LogP contribution in [0.2, 0.25) is 0 Å². The first kappa shape index (κ1) is 19.8. The number of halogens is 1. The Morgan fingerprint density at radius 2 is 1.77 bits per heavy atom. The molecule has 0 radical (unpaired) electrons. The summed E-state index contributed by atoms with van der Waals surface area (Å²) in [7, 11) is 1.54. The molecule has 0 saturated heterocycles. The standard InChI is InChI=1S/C19H21BrN2O4/c1-3-4-11-26-16-8-6-5-7-14(16)19(24)22-21-18(23)13-9-10-17(25-2)15(20)12-13/h5-10,12H,3-4,11H2,1-2H3,(H,21,23)(H,22,24). The highest BCUT2D eigenvalue weighted by Crippen LogP contribution is 2.25. The number of unbranched alkanes of at least 4 members (excludes halogenated alkanes) is 1. The van der Waals surface area contributed by atoms with E-state index in [-0.39, 0.29) is 0 Å². The lowest BCUT2D eigenvalue weighted by atomic mass is 10.2. The summed E-state index contributed by atoms with van der Waals surface area (Å²) in [5, 5.41) is 0. The summed E-state index contributed by atoms with van der Waals surface area (Å²) in [5.41, 5.74) is 5.55. The van der Waals surface area contributed by atoms with Gasteiger partial charge in [0.05, 0.1) is 23.8 Å². The van der Waals surface area contributed by atoms with E-state index in [2.05, 4.69) is 33.7 Å². The number of methoxy groups -OCH3 is 1. The van der Waals surface area contributed by atoms with Crippen LogP contribution >= 0.6 is 15.9 Å². The van der Waals surface area contributed by atoms with E-state index in [0.29, 0.717) is 33.7 Å². The van der Waals surface area contributed by atoms with Crippen molar-refractivity contribution in [2.75, 3.05) is 13.7 Å². The molecule has 0 fully saturated rings. The van der Waals surface area contributed by atoms with Gasteiger partial charge < -0.3 is 9.47 Å². The Morgan fingerprint density at radius 1 is 1.04 bits per heavy atom. The fourth-order valence-electron chi connectivity index (χ4n) is 2.17. The van der Waals surface area contributed by atoms with Gasteiger partial charge in [0.2, 0.25) is 0 Å². The minimum Gasteiger partial charge on any atom is -0.496 e. The second kappa shape index (κ2) is 9.82. The summed E-state index contributed by atoms with van der Waals surface area (Å²) >= 11 is 3.32. The van der Waals surface area contributed by atoms with E-state index in [1.807, 2.05) is 0 Å². The molecular formula is C19H21BrN2O4. The van der Waals surface area contributed by atoms with E-state index in [4.69, 9.17) is 9.47 Å². The highest BCUT2D eigenvalue weighted by molar-refractivity contribution is 9.10. The number of benzene rings is 2. The first-order valence-electron chi connectivity index (χ1n) is 8.22. The predicted octanol–water partition coefficient (Wildman–Crippen LogP) is 3.71. The normalized spacial score (nSPS) is 10.1. The van der Waals surface area contributed by atoms with E-state index in [9.17, 15) is 9.59 Å². The Kier molecular flexibility index (Phi) is 7.47. The number of amides is 2. The molecule has 0 aliphatic heterocycles. The number of nitrogens with one attached hydrogen (secondary N) is 2. The van der Waals surface area contributed by atoms with Crippen LogP contribution in [-0.4, -0.2) is 25.5 Å². The van der Waals surface area contributed by atoms with Gasteiger partial charge in [-0.05, 0) is 52.7 Å². The van der Waals surface area contributed by atoms with Crippen molar-refractivity contribution in [2.45, 2.75) is 19.8 Å². The molecule has 2 amide bonds. The zero-order valence-electron chi connectivity index (χ0n) is 14.7. The Morgan fingerprint density at radius 3 is 2.46 bits per heavy atom. The van der Waals surface area contributed by atoms with Crippen LogP contribution in [-0.2, 0) is 0 Å². The number of ether oxygens (including phenoxy) is 2. The zero-order valence-corrected chi connectivity index (χ0v) is 16.3. The van der Waals surface area contributed by atoms with E-state index in [0.717, 1.165) is 12.8 Å². The van der Waals surface area contributed by atoms with Crippen LogP contribution in [0, 0.1) is 0 Å². The molecule has 2 N–H and O–H groups in total. The quantitative estimate of drug-likeness (QED) is 0.528. The minimum atomic E-state index is -0.446. The molecule has 0 aliphatic rings. The average Bonchev–Trinajstić information content (AvgIpc) is 2.66. The van der Waals surface area contributed by atoms with Crippen LogP contribution in [0.25, 0.3) is 0 Å². The van der Waals surface area contributed by atoms with Crippen molar-refractivity contribution >= 4 is 27.7 Å². The smallest absolute Gasteiger partial charge is 0.273 e. The van der Waals surface area contributed by atoms with Crippen molar-refractivity contribution in [1.29, 1.82) is 0 Å². The second-order valence-corrected chi connectivity index (χ2v) is 6.31. The number of hydrogen-bond donors (Lipinski definition) is 2. The van der Waals surface area contributed by atoms with Crippen LogP contribution in [0.3, 0.4) is 0 Å². The van der Waals surface area contributed by atoms with Gasteiger partial charge in [-0.25, -0.2) is 0 Å². The van der Waals surface area contributed by atoms with Crippen LogP contribution in [0.5, 0.6) is 11.5 Å². The van der Waals surface area contributed by atoms with Gasteiger partial charge in [-0.3, -0.25) is 20.4 Å². The number of hydrazine groups is 1. The lowest BCUT2D eigenvalue weighted by molar-refractivity contribution is 0.0844. The predicted molar refractivity (Wildman–Crippen MR) is 102 cm³/mol. The molecule has 138 valence electrons. The van der Waals surface area contributed by atoms with Gasteiger partial charge in [0.15, 0.2) is 0 Å². The van der Waals surface area contributed by atoms with Gasteiger partial charge in [-0.1, -0.05) is 25.5 Å². The molecular weight excluding hydrogens is 400 g/mol. The third-order valence-corrected chi connectivity index (χ3v) is 4.21. The molecule has 0 bridgehead atoms. The average molecular weight is 421 g/mol. The molecule has 0 atom stereocenters. The monoisotopic (exact) mass is 420 g/mol. The molecule has 2 rings (SSSR count). The lowest BCUT2D eigenvalue weighted by Crippen LogP contribution is -2.41. The van der Waals surface area contributed by atoms with Crippen molar-refractivity contribution in [2.24, 2.45) is 0 Å². The number of carbonyl (C=O) groups excluding carboxylic acids is 2. The van der Waals surface area contributed by atoms with Gasteiger partial charge in [-0.2, -0.15) is 0 Å². The topological polar surface area (TPSA) is 76.7 Å². The van der Waals surface area contributed by atoms with E-state index in [1.165, 1.54) is 0 Å². The summed E-state index contributed by atoms with van der Waals surface area (Å²) in [5.74, 6) is 0.216. The summed E-state index contributed by atoms with van der Waals surface area (Å²) < 4.78 is 11.4. The van der Waals surface area contributed by atoms with Crippen LogP contribution < -0.4 is 20.3 Å². The van der Waals surface area contributed by atoms with Gasteiger partial charge in [-0.15, -0.1) is 0 Å². The third-order valence-electron chi connectivity index (χ3n) is 3.59. The fraction of sp³-hybridized carbons (Fsp3) is 0.263. The number of carbonyl (C=O) groups is 2. The molecule has 7 heteroatoms. The second-order valence-electron chi connectivity index (χ2n) is 5.46. The Balaban J connectivity index is 2.00. The maximum Gasteiger partial charge on any atom is 0.273 e. The van der Waals surface area contributed by atoms with Crippen LogP contribution in [0.15, 0.2) is 46.9 Å². The van der Waals surface area contributed by atoms with Crippen molar-refractivity contribution in [3.8, 4) is 11.5 Å². The molecule has 0 unspecified atom stereocenters. The van der Waals surface area contributed by atoms with Crippen molar-refractivity contribution in [1.82, 2.24) is 10.9 Å². The Hall–Kier alpha value is -2.54. The molecule has 0 aliphatic carbocycles. The van der Waals surface area contributed by atoms with E-state index >= 15 is 0 Å².